The van der Waals surface area contributed by atoms with E-state index in [1.165, 1.54) is 0 Å². The lowest BCUT2D eigenvalue weighted by Crippen LogP contribution is -2.40. The second-order valence-electron chi connectivity index (χ2n) is 6.30. The minimum atomic E-state index is -4.75. The fourth-order valence-corrected chi connectivity index (χ4v) is 4.45. The maximum atomic E-state index is 14.2. The van der Waals surface area contributed by atoms with E-state index < -0.39 is 44.1 Å². The summed E-state index contributed by atoms with van der Waals surface area (Å²) in [5.41, 5.74) is -2.09. The number of alkyl halides is 3. The molecule has 0 unspecified atom stereocenters. The van der Waals surface area contributed by atoms with Crippen LogP contribution in [0.2, 0.25) is 5.02 Å². The third kappa shape index (κ3) is 4.75. The zero-order chi connectivity index (χ0) is 22.1. The first-order valence-corrected chi connectivity index (χ1v) is 10.4. The van der Waals surface area contributed by atoms with Crippen LogP contribution in [0, 0.1) is 5.82 Å². The van der Waals surface area contributed by atoms with Crippen LogP contribution < -0.4 is 5.32 Å². The van der Waals surface area contributed by atoms with Gasteiger partial charge in [-0.05, 0) is 36.4 Å². The molecule has 30 heavy (non-hydrogen) atoms. The first kappa shape index (κ1) is 22.5. The Balaban J connectivity index is 1.89. The molecule has 1 fully saturated rings. The summed E-state index contributed by atoms with van der Waals surface area (Å²) >= 11 is 5.53. The molecule has 1 N–H and O–H groups in total. The Morgan fingerprint density at radius 1 is 1.10 bits per heavy atom. The quantitative estimate of drug-likeness (QED) is 0.696. The van der Waals surface area contributed by atoms with Crippen molar-refractivity contribution in [3.8, 4) is 0 Å². The second kappa shape index (κ2) is 8.50. The molecule has 0 spiro atoms. The molecule has 12 heteroatoms. The number of rotatable bonds is 4. The number of sulfonamides is 1. The van der Waals surface area contributed by atoms with E-state index in [2.05, 4.69) is 5.32 Å². The van der Waals surface area contributed by atoms with Crippen molar-refractivity contribution in [2.24, 2.45) is 0 Å². The smallest absolute Gasteiger partial charge is 0.379 e. The molecule has 2 aromatic carbocycles. The highest BCUT2D eigenvalue weighted by Crippen LogP contribution is 2.36. The van der Waals surface area contributed by atoms with Crippen LogP contribution in [0.1, 0.15) is 15.9 Å². The highest BCUT2D eigenvalue weighted by molar-refractivity contribution is 7.89. The number of amides is 1. The number of nitrogens with zero attached hydrogens (tertiary/aromatic N) is 1. The van der Waals surface area contributed by atoms with Gasteiger partial charge in [0.2, 0.25) is 10.0 Å². The van der Waals surface area contributed by atoms with Crippen molar-refractivity contribution < 1.29 is 35.5 Å². The van der Waals surface area contributed by atoms with Gasteiger partial charge in [-0.2, -0.15) is 17.5 Å². The molecule has 0 radical (unpaired) electrons. The maximum Gasteiger partial charge on any atom is 0.417 e. The van der Waals surface area contributed by atoms with Crippen LogP contribution in [0.25, 0.3) is 0 Å². The van der Waals surface area contributed by atoms with E-state index in [1.807, 2.05) is 0 Å². The van der Waals surface area contributed by atoms with Crippen LogP contribution in [-0.2, 0) is 20.9 Å². The first-order valence-electron chi connectivity index (χ1n) is 8.55. The highest BCUT2D eigenvalue weighted by atomic mass is 35.5. The molecule has 1 heterocycles. The summed E-state index contributed by atoms with van der Waals surface area (Å²) in [5.74, 6) is -2.14. The largest absolute Gasteiger partial charge is 0.417 e. The van der Waals surface area contributed by atoms with Crippen molar-refractivity contribution in [2.75, 3.05) is 31.6 Å². The van der Waals surface area contributed by atoms with Gasteiger partial charge >= 0.3 is 6.18 Å². The molecule has 1 amide bonds. The number of anilines is 1. The fraction of sp³-hybridized carbons (Fsp3) is 0.278. The molecule has 1 saturated heterocycles. The number of ether oxygens (including phenoxy) is 1. The molecule has 6 nitrogen and oxygen atoms in total. The van der Waals surface area contributed by atoms with E-state index in [0.29, 0.717) is 6.07 Å². The number of carbonyl (C=O) groups is 1. The number of hydrogen-bond acceptors (Lipinski definition) is 4. The molecule has 0 aliphatic carbocycles. The Morgan fingerprint density at radius 2 is 1.77 bits per heavy atom. The summed E-state index contributed by atoms with van der Waals surface area (Å²) in [6.45, 7) is 0.607. The van der Waals surface area contributed by atoms with Crippen molar-refractivity contribution in [1.29, 1.82) is 0 Å². The molecule has 0 saturated carbocycles. The van der Waals surface area contributed by atoms with Gasteiger partial charge < -0.3 is 10.1 Å². The van der Waals surface area contributed by atoms with Gasteiger partial charge in [-0.25, -0.2) is 12.8 Å². The zero-order valence-corrected chi connectivity index (χ0v) is 16.7. The van der Waals surface area contributed by atoms with E-state index in [0.717, 1.165) is 34.6 Å². The number of nitrogens with one attached hydrogen (secondary N) is 1. The van der Waals surface area contributed by atoms with Crippen LogP contribution in [-0.4, -0.2) is 44.9 Å². The molecule has 1 aliphatic heterocycles. The molecular formula is C18H15ClF4N2O4S. The molecule has 1 aliphatic rings. The van der Waals surface area contributed by atoms with Crippen LogP contribution >= 0.6 is 11.6 Å². The van der Waals surface area contributed by atoms with Gasteiger partial charge in [-0.3, -0.25) is 4.79 Å². The Bertz CT molecular complexity index is 1070. The van der Waals surface area contributed by atoms with Gasteiger partial charge in [-0.15, -0.1) is 0 Å². The number of morpholine rings is 1. The lowest BCUT2D eigenvalue weighted by molar-refractivity contribution is -0.137. The van der Waals surface area contributed by atoms with E-state index >= 15 is 0 Å². The van der Waals surface area contributed by atoms with Crippen molar-refractivity contribution in [2.45, 2.75) is 11.1 Å². The predicted molar refractivity (Wildman–Crippen MR) is 100 cm³/mol. The fourth-order valence-electron chi connectivity index (χ4n) is 2.79. The van der Waals surface area contributed by atoms with Gasteiger partial charge in [-0.1, -0.05) is 11.6 Å². The summed E-state index contributed by atoms with van der Waals surface area (Å²) in [7, 11) is -4.00. The Kier molecular flexibility index (Phi) is 6.37. The van der Waals surface area contributed by atoms with E-state index in [1.54, 1.807) is 0 Å². The van der Waals surface area contributed by atoms with Crippen molar-refractivity contribution >= 4 is 33.2 Å². The topological polar surface area (TPSA) is 75.7 Å². The molecule has 0 bridgehead atoms. The summed E-state index contributed by atoms with van der Waals surface area (Å²) in [6.07, 6.45) is -4.75. The molecule has 0 aromatic heterocycles. The Hall–Kier alpha value is -2.21. The lowest BCUT2D eigenvalue weighted by atomic mass is 10.1. The van der Waals surface area contributed by atoms with Gasteiger partial charge in [0, 0.05) is 18.8 Å². The van der Waals surface area contributed by atoms with E-state index in [9.17, 15) is 30.8 Å². The third-order valence-corrected chi connectivity index (χ3v) is 6.54. The van der Waals surface area contributed by atoms with Gasteiger partial charge in [0.25, 0.3) is 5.91 Å². The second-order valence-corrected chi connectivity index (χ2v) is 8.65. The minimum absolute atomic E-state index is 0.103. The number of carbonyl (C=O) groups excluding carboxylic acids is 1. The number of benzene rings is 2. The van der Waals surface area contributed by atoms with Crippen molar-refractivity contribution in [3.05, 3.63) is 58.4 Å². The van der Waals surface area contributed by atoms with Crippen LogP contribution in [0.5, 0.6) is 0 Å². The maximum absolute atomic E-state index is 14.2. The predicted octanol–water partition coefficient (Wildman–Crippen LogP) is 3.77. The average Bonchev–Trinajstić information content (AvgIpc) is 2.69. The standard InChI is InChI=1S/C18H15ClF4N2O4S/c19-15-3-1-11(9-14(15)18(21,22)23)24-17(26)13-10-12(2-4-16(13)20)30(27,28)25-5-7-29-8-6-25/h1-4,9-10H,5-8H2,(H,24,26). The van der Waals surface area contributed by atoms with E-state index in [4.69, 9.17) is 16.3 Å². The molecule has 0 atom stereocenters. The van der Waals surface area contributed by atoms with Crippen molar-refractivity contribution in [1.82, 2.24) is 4.31 Å². The SMILES string of the molecule is O=C(Nc1ccc(Cl)c(C(F)(F)F)c1)c1cc(S(=O)(=O)N2CCOCC2)ccc1F. The zero-order valence-electron chi connectivity index (χ0n) is 15.2. The summed E-state index contributed by atoms with van der Waals surface area (Å²) in [4.78, 5) is 12.1. The summed E-state index contributed by atoms with van der Waals surface area (Å²) < 4.78 is 84.8. The third-order valence-electron chi connectivity index (χ3n) is 4.32. The van der Waals surface area contributed by atoms with Crippen molar-refractivity contribution in [3.63, 3.8) is 0 Å². The van der Waals surface area contributed by atoms with Gasteiger partial charge in [0.1, 0.15) is 5.82 Å². The number of halogens is 5. The van der Waals surface area contributed by atoms with Gasteiger partial charge in [0.15, 0.2) is 0 Å². The van der Waals surface area contributed by atoms with E-state index in [-0.39, 0.29) is 36.9 Å². The Morgan fingerprint density at radius 3 is 2.40 bits per heavy atom. The molecule has 3 rings (SSSR count). The van der Waals surface area contributed by atoms with Crippen LogP contribution in [0.15, 0.2) is 41.3 Å². The normalized spacial score (nSPS) is 15.8. The lowest BCUT2D eigenvalue weighted by Gasteiger charge is -2.26. The Labute approximate surface area is 174 Å². The molecule has 2 aromatic rings. The summed E-state index contributed by atoms with van der Waals surface area (Å²) in [5, 5.41) is 1.57. The number of hydrogen-bond donors (Lipinski definition) is 1. The minimum Gasteiger partial charge on any atom is -0.379 e. The average molecular weight is 467 g/mol. The monoisotopic (exact) mass is 466 g/mol. The van der Waals surface area contributed by atoms with Crippen LogP contribution in [0.4, 0.5) is 23.2 Å². The molecular weight excluding hydrogens is 452 g/mol. The first-order chi connectivity index (χ1) is 14.0. The molecule has 162 valence electrons. The van der Waals surface area contributed by atoms with Gasteiger partial charge in [0.05, 0.1) is 34.3 Å². The summed E-state index contributed by atoms with van der Waals surface area (Å²) in [6, 6.07) is 5.33. The van der Waals surface area contributed by atoms with Crippen LogP contribution in [0.3, 0.4) is 0 Å². The highest BCUT2D eigenvalue weighted by Gasteiger charge is 2.33.